The summed E-state index contributed by atoms with van der Waals surface area (Å²) in [5.41, 5.74) is 1.45. The fourth-order valence-corrected chi connectivity index (χ4v) is 7.96. The SMILES string of the molecule is COc1ccc(C2(OC)OOC23C2CC4CC(C2)CC3C4)c(O[Si](C)C)c1C(C)(C)C. The fourth-order valence-electron chi connectivity index (χ4n) is 7.34. The molecule has 4 saturated carbocycles. The van der Waals surface area contributed by atoms with E-state index in [1.54, 1.807) is 14.2 Å². The van der Waals surface area contributed by atoms with Gasteiger partial charge in [0.15, 0.2) is 5.60 Å². The zero-order valence-corrected chi connectivity index (χ0v) is 21.0. The first kappa shape index (κ1) is 21.7. The molecule has 6 rings (SSSR count). The lowest BCUT2D eigenvalue weighted by Gasteiger charge is -2.68. The van der Waals surface area contributed by atoms with Gasteiger partial charge in [0.1, 0.15) is 11.5 Å². The van der Waals surface area contributed by atoms with Crippen LogP contribution in [0.15, 0.2) is 12.1 Å². The minimum absolute atomic E-state index is 0.162. The van der Waals surface area contributed by atoms with Gasteiger partial charge in [-0.3, -0.25) is 0 Å². The maximum Gasteiger partial charge on any atom is 0.274 e. The number of rotatable bonds is 5. The summed E-state index contributed by atoms with van der Waals surface area (Å²) in [5, 5.41) is 0. The third-order valence-corrected chi connectivity index (χ3v) is 8.81. The van der Waals surface area contributed by atoms with Crippen LogP contribution in [0.3, 0.4) is 0 Å². The second kappa shape index (κ2) is 7.21. The summed E-state index contributed by atoms with van der Waals surface area (Å²) in [6.07, 6.45) is 6.27. The molecular weight excluding hydrogens is 408 g/mol. The summed E-state index contributed by atoms with van der Waals surface area (Å²) < 4.78 is 18.8. The van der Waals surface area contributed by atoms with Gasteiger partial charge in [0.2, 0.25) is 0 Å². The minimum atomic E-state index is -1.04. The van der Waals surface area contributed by atoms with Crippen molar-refractivity contribution in [2.24, 2.45) is 23.7 Å². The quantitative estimate of drug-likeness (QED) is 0.437. The van der Waals surface area contributed by atoms with Crippen molar-refractivity contribution in [2.75, 3.05) is 14.2 Å². The van der Waals surface area contributed by atoms with Crippen molar-refractivity contribution in [3.05, 3.63) is 23.3 Å². The first-order valence-corrected chi connectivity index (χ1v) is 14.2. The van der Waals surface area contributed by atoms with Crippen LogP contribution >= 0.6 is 0 Å². The fraction of sp³-hybridized carbons (Fsp3) is 0.760. The third-order valence-electron chi connectivity index (χ3n) is 8.20. The maximum atomic E-state index is 6.62. The second-order valence-corrected chi connectivity index (χ2v) is 13.4. The Bertz CT molecular complexity index is 828. The Morgan fingerprint density at radius 2 is 1.55 bits per heavy atom. The summed E-state index contributed by atoms with van der Waals surface area (Å²) in [7, 11) is 2.46. The molecule has 4 bridgehead atoms. The van der Waals surface area contributed by atoms with E-state index in [0.717, 1.165) is 34.5 Å². The van der Waals surface area contributed by atoms with Crippen molar-refractivity contribution in [3.8, 4) is 11.5 Å². The predicted molar refractivity (Wildman–Crippen MR) is 120 cm³/mol. The molecule has 0 N–H and O–H groups in total. The molecule has 1 aromatic carbocycles. The molecular formula is C25H37O5Si. The van der Waals surface area contributed by atoms with Gasteiger partial charge in [-0.05, 0) is 86.4 Å². The normalized spacial score (nSPS) is 38.6. The zero-order chi connectivity index (χ0) is 22.2. The van der Waals surface area contributed by atoms with E-state index in [2.05, 4.69) is 39.9 Å². The lowest BCUT2D eigenvalue weighted by Crippen LogP contribution is -2.76. The highest BCUT2D eigenvalue weighted by Gasteiger charge is 2.77. The Hall–Kier alpha value is -1.08. The highest BCUT2D eigenvalue weighted by atomic mass is 28.3. The molecule has 0 aromatic heterocycles. The molecule has 31 heavy (non-hydrogen) atoms. The van der Waals surface area contributed by atoms with Crippen molar-refractivity contribution >= 4 is 9.04 Å². The van der Waals surface area contributed by atoms with Crippen LogP contribution in [0.5, 0.6) is 11.5 Å². The maximum absolute atomic E-state index is 6.62. The Kier molecular flexibility index (Phi) is 5.06. The van der Waals surface area contributed by atoms with E-state index >= 15 is 0 Å². The Morgan fingerprint density at radius 1 is 0.935 bits per heavy atom. The van der Waals surface area contributed by atoms with E-state index in [9.17, 15) is 0 Å². The van der Waals surface area contributed by atoms with E-state index in [1.807, 2.05) is 6.07 Å². The minimum Gasteiger partial charge on any atom is -0.542 e. The van der Waals surface area contributed by atoms with E-state index in [-0.39, 0.29) is 5.41 Å². The molecule has 1 aliphatic heterocycles. The van der Waals surface area contributed by atoms with Crippen molar-refractivity contribution < 1.29 is 23.7 Å². The molecule has 1 heterocycles. The molecule has 5 nitrogen and oxygen atoms in total. The molecule has 4 aliphatic carbocycles. The number of benzene rings is 1. The van der Waals surface area contributed by atoms with Crippen molar-refractivity contribution in [1.29, 1.82) is 0 Å². The number of methoxy groups -OCH3 is 2. The summed E-state index contributed by atoms with van der Waals surface area (Å²) in [5.74, 6) is 3.39. The lowest BCUT2D eigenvalue weighted by molar-refractivity contribution is -0.645. The highest BCUT2D eigenvalue weighted by Crippen LogP contribution is 2.70. The monoisotopic (exact) mass is 445 g/mol. The van der Waals surface area contributed by atoms with Crippen molar-refractivity contribution in [1.82, 2.24) is 0 Å². The first-order chi connectivity index (χ1) is 14.7. The van der Waals surface area contributed by atoms with Gasteiger partial charge in [-0.1, -0.05) is 20.8 Å². The number of ether oxygens (including phenoxy) is 2. The van der Waals surface area contributed by atoms with Gasteiger partial charge in [-0.2, -0.15) is 4.89 Å². The molecule has 0 amide bonds. The number of hydrogen-bond acceptors (Lipinski definition) is 5. The van der Waals surface area contributed by atoms with Crippen LogP contribution in [0.25, 0.3) is 0 Å². The van der Waals surface area contributed by atoms with Gasteiger partial charge < -0.3 is 13.9 Å². The Labute approximate surface area is 188 Å². The van der Waals surface area contributed by atoms with Gasteiger partial charge in [-0.25, -0.2) is 4.89 Å². The first-order valence-electron chi connectivity index (χ1n) is 11.8. The van der Waals surface area contributed by atoms with Crippen molar-refractivity contribution in [3.63, 3.8) is 0 Å². The topological polar surface area (TPSA) is 46.2 Å². The Morgan fingerprint density at radius 3 is 1.97 bits per heavy atom. The second-order valence-electron chi connectivity index (χ2n) is 11.4. The highest BCUT2D eigenvalue weighted by molar-refractivity contribution is 6.49. The van der Waals surface area contributed by atoms with Crippen LogP contribution < -0.4 is 9.16 Å². The molecule has 5 aliphatic rings. The van der Waals surface area contributed by atoms with E-state index in [4.69, 9.17) is 23.7 Å². The van der Waals surface area contributed by atoms with E-state index in [0.29, 0.717) is 11.8 Å². The van der Waals surface area contributed by atoms with Crippen LogP contribution in [0, 0.1) is 23.7 Å². The molecule has 1 aromatic rings. The zero-order valence-electron chi connectivity index (χ0n) is 20.0. The molecule has 5 fully saturated rings. The Balaban J connectivity index is 1.70. The van der Waals surface area contributed by atoms with Crippen molar-refractivity contribution in [2.45, 2.75) is 82.8 Å². The lowest BCUT2D eigenvalue weighted by atomic mass is 9.47. The summed E-state index contributed by atoms with van der Waals surface area (Å²) in [6.45, 7) is 10.9. The average molecular weight is 446 g/mol. The molecule has 171 valence electrons. The van der Waals surface area contributed by atoms with Crippen LogP contribution in [0.1, 0.15) is 64.0 Å². The van der Waals surface area contributed by atoms with Crippen LogP contribution in [0.4, 0.5) is 0 Å². The largest absolute Gasteiger partial charge is 0.542 e. The van der Waals surface area contributed by atoms with Gasteiger partial charge in [-0.15, -0.1) is 0 Å². The standard InChI is InChI=1S/C25H37O5Si/c1-23(2,3)21-20(26-4)9-8-19(22(21)28-31(6)7)25(27-5)24(29-30-25)17-11-15-10-16(13-17)14-18(24)12-15/h8-9,15-18H,10-14H2,1-7H3. The molecule has 1 atom stereocenters. The van der Waals surface area contributed by atoms with Gasteiger partial charge in [0.25, 0.3) is 14.8 Å². The average Bonchev–Trinajstić information content (AvgIpc) is 2.66. The molecule has 6 heteroatoms. The predicted octanol–water partition coefficient (Wildman–Crippen LogP) is 5.58. The molecule has 1 saturated heterocycles. The molecule has 1 radical (unpaired) electrons. The third kappa shape index (κ3) is 2.91. The summed E-state index contributed by atoms with van der Waals surface area (Å²) >= 11 is 0. The van der Waals surface area contributed by atoms with Crippen LogP contribution in [0.2, 0.25) is 13.1 Å². The van der Waals surface area contributed by atoms with Crippen LogP contribution in [-0.2, 0) is 25.7 Å². The van der Waals surface area contributed by atoms with Gasteiger partial charge in [0, 0.05) is 12.7 Å². The van der Waals surface area contributed by atoms with Gasteiger partial charge >= 0.3 is 0 Å². The van der Waals surface area contributed by atoms with E-state index < -0.39 is 20.4 Å². The smallest absolute Gasteiger partial charge is 0.274 e. The van der Waals surface area contributed by atoms with Crippen LogP contribution in [-0.4, -0.2) is 28.9 Å². The summed E-state index contributed by atoms with van der Waals surface area (Å²) in [4.78, 5) is 12.3. The van der Waals surface area contributed by atoms with E-state index in [1.165, 1.54) is 32.1 Å². The number of hydrogen-bond donors (Lipinski definition) is 0. The molecule has 1 unspecified atom stereocenters. The van der Waals surface area contributed by atoms with Gasteiger partial charge in [0.05, 0.1) is 12.7 Å². The summed E-state index contributed by atoms with van der Waals surface area (Å²) in [6, 6.07) is 4.14. The molecule has 1 spiro atoms.